The van der Waals surface area contributed by atoms with Crippen molar-refractivity contribution in [2.75, 3.05) is 40.8 Å². The fourth-order valence-corrected chi connectivity index (χ4v) is 2.85. The molecule has 1 aromatic rings. The minimum absolute atomic E-state index is 0. The summed E-state index contributed by atoms with van der Waals surface area (Å²) in [6, 6.07) is 2.12. The lowest BCUT2D eigenvalue weighted by Gasteiger charge is -2.12. The topological polar surface area (TPSA) is 57.5 Å². The highest BCUT2D eigenvalue weighted by Crippen LogP contribution is 2.03. The number of nitrogens with zero attached hydrogens (tertiary/aromatic N) is 4. The summed E-state index contributed by atoms with van der Waals surface area (Å²) in [5.41, 5.74) is 2.32. The van der Waals surface area contributed by atoms with Gasteiger partial charge < -0.3 is 15.5 Å². The van der Waals surface area contributed by atoms with E-state index in [0.29, 0.717) is 0 Å². The van der Waals surface area contributed by atoms with Crippen LogP contribution in [0.15, 0.2) is 11.1 Å². The summed E-state index contributed by atoms with van der Waals surface area (Å²) in [6.45, 7) is 8.18. The summed E-state index contributed by atoms with van der Waals surface area (Å²) in [5.74, 6) is 0.904. The van der Waals surface area contributed by atoms with Gasteiger partial charge in [-0.3, -0.25) is 9.67 Å². The average molecular weight is 478 g/mol. The number of unbranched alkanes of at least 4 members (excludes halogenated alkanes) is 4. The highest BCUT2D eigenvalue weighted by atomic mass is 127. The highest BCUT2D eigenvalue weighted by Gasteiger charge is 2.01. The lowest BCUT2D eigenvalue weighted by Crippen LogP contribution is -2.38. The van der Waals surface area contributed by atoms with E-state index in [9.17, 15) is 0 Å². The molecule has 0 unspecified atom stereocenters. The first-order chi connectivity index (χ1) is 12.0. The quantitative estimate of drug-likeness (QED) is 0.210. The number of hydrogen-bond acceptors (Lipinski definition) is 3. The summed E-state index contributed by atoms with van der Waals surface area (Å²) in [7, 11) is 6.11. The Labute approximate surface area is 177 Å². The van der Waals surface area contributed by atoms with E-state index in [2.05, 4.69) is 57.4 Å². The van der Waals surface area contributed by atoms with Crippen molar-refractivity contribution in [2.24, 2.45) is 4.99 Å². The van der Waals surface area contributed by atoms with Gasteiger partial charge in [0.2, 0.25) is 0 Å². The van der Waals surface area contributed by atoms with E-state index in [-0.39, 0.29) is 24.0 Å². The van der Waals surface area contributed by atoms with Gasteiger partial charge in [0.1, 0.15) is 0 Å². The summed E-state index contributed by atoms with van der Waals surface area (Å²) in [4.78, 5) is 6.54. The summed E-state index contributed by atoms with van der Waals surface area (Å²) >= 11 is 0. The third-order valence-electron chi connectivity index (χ3n) is 4.24. The molecule has 0 aliphatic rings. The fourth-order valence-electron chi connectivity index (χ4n) is 2.85. The van der Waals surface area contributed by atoms with Gasteiger partial charge in [-0.1, -0.05) is 19.3 Å². The summed E-state index contributed by atoms with van der Waals surface area (Å²) in [6.07, 6.45) is 7.48. The molecule has 1 rings (SSSR count). The molecule has 152 valence electrons. The molecular formula is C19H39IN6. The fraction of sp³-hybridized carbons (Fsp3) is 0.789. The van der Waals surface area contributed by atoms with Gasteiger partial charge in [0.15, 0.2) is 5.96 Å². The SMILES string of the molecule is CN=C(NCCCCCCCN(C)C)NCCCn1nc(C)cc1C.I. The second-order valence-electron chi connectivity index (χ2n) is 7.00. The molecule has 0 aromatic carbocycles. The van der Waals surface area contributed by atoms with E-state index < -0.39 is 0 Å². The van der Waals surface area contributed by atoms with Crippen LogP contribution < -0.4 is 10.6 Å². The maximum Gasteiger partial charge on any atom is 0.190 e. The molecule has 0 saturated carbocycles. The molecule has 0 saturated heterocycles. The van der Waals surface area contributed by atoms with Crippen LogP contribution in [0.5, 0.6) is 0 Å². The van der Waals surface area contributed by atoms with Crippen LogP contribution in [0.1, 0.15) is 49.9 Å². The standard InChI is InChI=1S/C19H38N6.HI/c1-17-16-18(2)25(23-17)15-11-13-22-19(20-3)21-12-9-7-6-8-10-14-24(4)5;/h16H,6-15H2,1-5H3,(H2,20,21,22);1H. The van der Waals surface area contributed by atoms with Crippen molar-refractivity contribution < 1.29 is 0 Å². The molecule has 0 aliphatic heterocycles. The molecule has 7 heteroatoms. The van der Waals surface area contributed by atoms with Crippen molar-refractivity contribution in [1.29, 1.82) is 0 Å². The average Bonchev–Trinajstić information content (AvgIpc) is 2.89. The van der Waals surface area contributed by atoms with E-state index in [1.54, 1.807) is 0 Å². The van der Waals surface area contributed by atoms with Gasteiger partial charge in [-0.05, 0) is 59.8 Å². The third-order valence-corrected chi connectivity index (χ3v) is 4.24. The van der Waals surface area contributed by atoms with Crippen molar-refractivity contribution in [3.05, 3.63) is 17.5 Å². The molecule has 1 heterocycles. The number of nitrogens with one attached hydrogen (secondary N) is 2. The van der Waals surface area contributed by atoms with Crippen LogP contribution in [0.2, 0.25) is 0 Å². The Hall–Kier alpha value is -0.830. The maximum absolute atomic E-state index is 4.49. The van der Waals surface area contributed by atoms with Crippen LogP contribution in [-0.2, 0) is 6.54 Å². The van der Waals surface area contributed by atoms with Crippen molar-refractivity contribution in [3.8, 4) is 0 Å². The molecule has 0 bridgehead atoms. The Morgan fingerprint density at radius 1 is 1.04 bits per heavy atom. The summed E-state index contributed by atoms with van der Waals surface area (Å²) < 4.78 is 2.07. The molecule has 1 aromatic heterocycles. The molecule has 26 heavy (non-hydrogen) atoms. The van der Waals surface area contributed by atoms with Gasteiger partial charge in [0, 0.05) is 32.4 Å². The zero-order valence-corrected chi connectivity index (χ0v) is 19.7. The Balaban J connectivity index is 0.00000625. The molecular weight excluding hydrogens is 439 g/mol. The zero-order chi connectivity index (χ0) is 18.5. The van der Waals surface area contributed by atoms with E-state index in [1.807, 2.05) is 14.0 Å². The van der Waals surface area contributed by atoms with Crippen LogP contribution in [0.3, 0.4) is 0 Å². The number of aryl methyl sites for hydroxylation is 3. The molecule has 0 radical (unpaired) electrons. The van der Waals surface area contributed by atoms with Crippen LogP contribution in [0.4, 0.5) is 0 Å². The van der Waals surface area contributed by atoms with Gasteiger partial charge in [-0.2, -0.15) is 5.10 Å². The predicted octanol–water partition coefficient (Wildman–Crippen LogP) is 3.19. The normalized spacial score (nSPS) is 11.5. The predicted molar refractivity (Wildman–Crippen MR) is 123 cm³/mol. The minimum atomic E-state index is 0. The van der Waals surface area contributed by atoms with Crippen LogP contribution in [0, 0.1) is 13.8 Å². The van der Waals surface area contributed by atoms with Crippen molar-refractivity contribution in [3.63, 3.8) is 0 Å². The molecule has 0 spiro atoms. The van der Waals surface area contributed by atoms with Crippen molar-refractivity contribution in [1.82, 2.24) is 25.3 Å². The van der Waals surface area contributed by atoms with Crippen molar-refractivity contribution >= 4 is 29.9 Å². The zero-order valence-electron chi connectivity index (χ0n) is 17.3. The lowest BCUT2D eigenvalue weighted by molar-refractivity contribution is 0.389. The van der Waals surface area contributed by atoms with E-state index >= 15 is 0 Å². The Bertz CT molecular complexity index is 498. The van der Waals surface area contributed by atoms with Gasteiger partial charge in [-0.15, -0.1) is 24.0 Å². The number of aliphatic imine (C=N–C) groups is 1. The number of guanidine groups is 1. The monoisotopic (exact) mass is 478 g/mol. The summed E-state index contributed by atoms with van der Waals surface area (Å²) in [5, 5.41) is 11.3. The van der Waals surface area contributed by atoms with Crippen LogP contribution in [-0.4, -0.2) is 61.4 Å². The highest BCUT2D eigenvalue weighted by molar-refractivity contribution is 14.0. The maximum atomic E-state index is 4.49. The molecule has 0 amide bonds. The largest absolute Gasteiger partial charge is 0.356 e. The van der Waals surface area contributed by atoms with Gasteiger partial charge in [0.25, 0.3) is 0 Å². The lowest BCUT2D eigenvalue weighted by atomic mass is 10.1. The van der Waals surface area contributed by atoms with E-state index in [0.717, 1.165) is 37.7 Å². The first kappa shape index (κ1) is 25.2. The smallest absolute Gasteiger partial charge is 0.190 e. The van der Waals surface area contributed by atoms with Gasteiger partial charge in [0.05, 0.1) is 5.69 Å². The first-order valence-electron chi connectivity index (χ1n) is 9.63. The molecule has 0 aliphatic carbocycles. The van der Waals surface area contributed by atoms with E-state index in [1.165, 1.54) is 44.3 Å². The number of rotatable bonds is 12. The third kappa shape index (κ3) is 11.7. The first-order valence-corrected chi connectivity index (χ1v) is 9.63. The van der Waals surface area contributed by atoms with E-state index in [4.69, 9.17) is 0 Å². The Morgan fingerprint density at radius 3 is 2.23 bits per heavy atom. The van der Waals surface area contributed by atoms with Crippen LogP contribution in [0.25, 0.3) is 0 Å². The Morgan fingerprint density at radius 2 is 1.65 bits per heavy atom. The second kappa shape index (κ2) is 15.2. The molecule has 0 atom stereocenters. The molecule has 0 fully saturated rings. The number of halogens is 1. The molecule has 6 nitrogen and oxygen atoms in total. The number of hydrogen-bond donors (Lipinski definition) is 2. The van der Waals surface area contributed by atoms with Crippen LogP contribution >= 0.6 is 24.0 Å². The van der Waals surface area contributed by atoms with Gasteiger partial charge in [-0.25, -0.2) is 0 Å². The second-order valence-corrected chi connectivity index (χ2v) is 7.00. The van der Waals surface area contributed by atoms with Crippen molar-refractivity contribution in [2.45, 2.75) is 58.9 Å². The minimum Gasteiger partial charge on any atom is -0.356 e. The van der Waals surface area contributed by atoms with Gasteiger partial charge >= 0.3 is 0 Å². The number of aromatic nitrogens is 2. The Kier molecular flexibility index (Phi) is 14.8. The molecule has 2 N–H and O–H groups in total.